The highest BCUT2D eigenvalue weighted by Gasteiger charge is 2.34. The number of benzene rings is 1. The molecule has 0 bridgehead atoms. The first-order valence-electron chi connectivity index (χ1n) is 7.06. The summed E-state index contributed by atoms with van der Waals surface area (Å²) in [5.41, 5.74) is 1.24. The Bertz CT molecular complexity index is 427. The Morgan fingerprint density at radius 2 is 2.00 bits per heavy atom. The lowest BCUT2D eigenvalue weighted by Gasteiger charge is -2.33. The Hall–Kier alpha value is -0.960. The van der Waals surface area contributed by atoms with E-state index in [1.807, 2.05) is 0 Å². The zero-order valence-corrected chi connectivity index (χ0v) is 12.5. The Labute approximate surface area is 119 Å². The van der Waals surface area contributed by atoms with Gasteiger partial charge in [0.05, 0.1) is 5.92 Å². The number of aryl methyl sites for hydroxylation is 1. The van der Waals surface area contributed by atoms with Crippen LogP contribution in [-0.2, 0) is 4.79 Å². The summed E-state index contributed by atoms with van der Waals surface area (Å²) in [4.78, 5) is 12.6. The quantitative estimate of drug-likeness (QED) is 0.888. The van der Waals surface area contributed by atoms with Gasteiger partial charge in [0.2, 0.25) is 0 Å². The van der Waals surface area contributed by atoms with E-state index < -0.39 is 5.97 Å². The first-order chi connectivity index (χ1) is 9.10. The Balaban J connectivity index is 2.08. The number of carbonyl (C=O) groups is 1. The molecule has 3 atom stereocenters. The van der Waals surface area contributed by atoms with Crippen molar-refractivity contribution in [2.24, 2.45) is 11.8 Å². The van der Waals surface area contributed by atoms with Crippen LogP contribution in [0.3, 0.4) is 0 Å². The van der Waals surface area contributed by atoms with E-state index in [9.17, 15) is 9.90 Å². The van der Waals surface area contributed by atoms with Crippen molar-refractivity contribution in [1.82, 2.24) is 0 Å². The molecule has 1 aliphatic rings. The SMILES string of the molecule is CCC1CCC(C(=O)O)C(Sc2ccc(C)cc2)C1. The Morgan fingerprint density at radius 3 is 2.58 bits per heavy atom. The third kappa shape index (κ3) is 3.75. The van der Waals surface area contributed by atoms with Gasteiger partial charge in [-0.3, -0.25) is 4.79 Å². The summed E-state index contributed by atoms with van der Waals surface area (Å²) in [7, 11) is 0. The minimum atomic E-state index is -0.626. The maximum atomic E-state index is 11.4. The lowest BCUT2D eigenvalue weighted by Crippen LogP contribution is -2.32. The van der Waals surface area contributed by atoms with Crippen LogP contribution in [0.5, 0.6) is 0 Å². The highest BCUT2D eigenvalue weighted by molar-refractivity contribution is 8.00. The summed E-state index contributed by atoms with van der Waals surface area (Å²) in [5.74, 6) is -0.119. The molecule has 1 N–H and O–H groups in total. The van der Waals surface area contributed by atoms with Crippen LogP contribution in [-0.4, -0.2) is 16.3 Å². The molecule has 1 saturated carbocycles. The average Bonchev–Trinajstić information content (AvgIpc) is 2.41. The second-order valence-corrected chi connectivity index (χ2v) is 6.81. The molecule has 0 saturated heterocycles. The van der Waals surface area contributed by atoms with Gasteiger partial charge in [0, 0.05) is 10.1 Å². The fourth-order valence-electron chi connectivity index (χ4n) is 2.79. The van der Waals surface area contributed by atoms with E-state index in [0.717, 1.165) is 25.7 Å². The average molecular weight is 278 g/mol. The maximum absolute atomic E-state index is 11.4. The second-order valence-electron chi connectivity index (χ2n) is 5.50. The monoisotopic (exact) mass is 278 g/mol. The molecule has 2 nitrogen and oxygen atoms in total. The van der Waals surface area contributed by atoms with Crippen molar-refractivity contribution in [2.75, 3.05) is 0 Å². The summed E-state index contributed by atoms with van der Waals surface area (Å²) < 4.78 is 0. The zero-order chi connectivity index (χ0) is 13.8. The van der Waals surface area contributed by atoms with Crippen molar-refractivity contribution in [3.8, 4) is 0 Å². The van der Waals surface area contributed by atoms with Gasteiger partial charge in [0.15, 0.2) is 0 Å². The largest absolute Gasteiger partial charge is 0.481 e. The molecule has 3 heteroatoms. The van der Waals surface area contributed by atoms with Gasteiger partial charge in [-0.1, -0.05) is 31.0 Å². The van der Waals surface area contributed by atoms with Gasteiger partial charge in [0.1, 0.15) is 0 Å². The maximum Gasteiger partial charge on any atom is 0.307 e. The van der Waals surface area contributed by atoms with Gasteiger partial charge in [-0.25, -0.2) is 0 Å². The van der Waals surface area contributed by atoms with Gasteiger partial charge in [-0.15, -0.1) is 11.8 Å². The summed E-state index contributed by atoms with van der Waals surface area (Å²) in [6, 6.07) is 8.40. The molecular formula is C16H22O2S. The van der Waals surface area contributed by atoms with Crippen LogP contribution in [0, 0.1) is 18.8 Å². The fraction of sp³-hybridized carbons (Fsp3) is 0.562. The molecule has 0 radical (unpaired) electrons. The van der Waals surface area contributed by atoms with Crippen molar-refractivity contribution in [2.45, 2.75) is 49.7 Å². The van der Waals surface area contributed by atoms with E-state index in [2.05, 4.69) is 38.1 Å². The van der Waals surface area contributed by atoms with Crippen LogP contribution in [0.2, 0.25) is 0 Å². The molecule has 19 heavy (non-hydrogen) atoms. The van der Waals surface area contributed by atoms with Crippen LogP contribution in [0.1, 0.15) is 38.2 Å². The van der Waals surface area contributed by atoms with Crippen LogP contribution >= 0.6 is 11.8 Å². The van der Waals surface area contributed by atoms with Crippen LogP contribution in [0.15, 0.2) is 29.2 Å². The minimum Gasteiger partial charge on any atom is -0.481 e. The lowest BCUT2D eigenvalue weighted by molar-refractivity contribution is -0.142. The van der Waals surface area contributed by atoms with E-state index >= 15 is 0 Å². The summed E-state index contributed by atoms with van der Waals surface area (Å²) >= 11 is 1.75. The van der Waals surface area contributed by atoms with E-state index in [1.54, 1.807) is 11.8 Å². The Kier molecular flexibility index (Phi) is 4.92. The molecule has 1 aromatic rings. The first kappa shape index (κ1) is 14.4. The standard InChI is InChI=1S/C16H22O2S/c1-3-12-6-9-14(16(17)18)15(10-12)19-13-7-4-11(2)5-8-13/h4-5,7-8,12,14-15H,3,6,9-10H2,1-2H3,(H,17,18). The van der Waals surface area contributed by atoms with Crippen molar-refractivity contribution in [3.63, 3.8) is 0 Å². The lowest BCUT2D eigenvalue weighted by atomic mass is 9.80. The van der Waals surface area contributed by atoms with Gasteiger partial charge in [0.25, 0.3) is 0 Å². The third-order valence-electron chi connectivity index (χ3n) is 4.10. The molecule has 1 fully saturated rings. The Morgan fingerprint density at radius 1 is 1.32 bits per heavy atom. The molecule has 0 spiro atoms. The molecule has 0 aromatic heterocycles. The molecule has 0 aliphatic heterocycles. The highest BCUT2D eigenvalue weighted by Crippen LogP contribution is 2.41. The molecule has 2 rings (SSSR count). The molecule has 1 aliphatic carbocycles. The summed E-state index contributed by atoms with van der Waals surface area (Å²) in [6.45, 7) is 4.28. The number of rotatable bonds is 4. The topological polar surface area (TPSA) is 37.3 Å². The predicted octanol–water partition coefficient (Wildman–Crippen LogP) is 4.37. The third-order valence-corrected chi connectivity index (χ3v) is 5.47. The van der Waals surface area contributed by atoms with Gasteiger partial charge in [-0.05, 0) is 44.2 Å². The highest BCUT2D eigenvalue weighted by atomic mass is 32.2. The molecule has 0 heterocycles. The van der Waals surface area contributed by atoms with Crippen molar-refractivity contribution < 1.29 is 9.90 Å². The number of carboxylic acid groups (broad SMARTS) is 1. The van der Waals surface area contributed by atoms with E-state index in [4.69, 9.17) is 0 Å². The smallest absolute Gasteiger partial charge is 0.307 e. The second kappa shape index (κ2) is 6.47. The minimum absolute atomic E-state index is 0.186. The normalized spacial score (nSPS) is 27.2. The fourth-order valence-corrected chi connectivity index (χ4v) is 4.21. The number of hydrogen-bond donors (Lipinski definition) is 1. The molecule has 104 valence electrons. The van der Waals surface area contributed by atoms with Crippen LogP contribution in [0.25, 0.3) is 0 Å². The van der Waals surface area contributed by atoms with E-state index in [1.165, 1.54) is 10.5 Å². The van der Waals surface area contributed by atoms with Crippen LogP contribution < -0.4 is 0 Å². The number of carboxylic acids is 1. The van der Waals surface area contributed by atoms with Gasteiger partial charge in [-0.2, -0.15) is 0 Å². The zero-order valence-electron chi connectivity index (χ0n) is 11.6. The molecule has 1 aromatic carbocycles. The molecular weight excluding hydrogens is 256 g/mol. The number of aliphatic carboxylic acids is 1. The summed E-state index contributed by atoms with van der Waals surface area (Å²) in [5, 5.41) is 9.60. The van der Waals surface area contributed by atoms with Crippen molar-refractivity contribution in [3.05, 3.63) is 29.8 Å². The molecule has 3 unspecified atom stereocenters. The van der Waals surface area contributed by atoms with Gasteiger partial charge < -0.3 is 5.11 Å². The molecule has 0 amide bonds. The number of thioether (sulfide) groups is 1. The van der Waals surface area contributed by atoms with Crippen LogP contribution in [0.4, 0.5) is 0 Å². The van der Waals surface area contributed by atoms with Crippen molar-refractivity contribution >= 4 is 17.7 Å². The van der Waals surface area contributed by atoms with Crippen molar-refractivity contribution in [1.29, 1.82) is 0 Å². The van der Waals surface area contributed by atoms with Gasteiger partial charge >= 0.3 is 5.97 Å². The van der Waals surface area contributed by atoms with E-state index in [-0.39, 0.29) is 11.2 Å². The summed E-state index contributed by atoms with van der Waals surface area (Å²) in [6.07, 6.45) is 4.10. The predicted molar refractivity (Wildman–Crippen MR) is 79.6 cm³/mol. The number of hydrogen-bond acceptors (Lipinski definition) is 2. The van der Waals surface area contributed by atoms with E-state index in [0.29, 0.717) is 5.92 Å². The first-order valence-corrected chi connectivity index (χ1v) is 7.94.